The van der Waals surface area contributed by atoms with Crippen molar-refractivity contribution in [3.05, 3.63) is 23.9 Å². The van der Waals surface area contributed by atoms with Crippen molar-refractivity contribution in [2.24, 2.45) is 17.0 Å². The van der Waals surface area contributed by atoms with Crippen molar-refractivity contribution >= 4 is 11.7 Å². The first-order chi connectivity index (χ1) is 8.53. The molecule has 1 atom stereocenters. The van der Waals surface area contributed by atoms with Gasteiger partial charge in [0.15, 0.2) is 0 Å². The van der Waals surface area contributed by atoms with E-state index in [2.05, 4.69) is 15.3 Å². The Bertz CT molecular complexity index is 450. The highest BCUT2D eigenvalue weighted by Gasteiger charge is 2.38. The van der Waals surface area contributed by atoms with Gasteiger partial charge in [0.1, 0.15) is 5.82 Å². The van der Waals surface area contributed by atoms with Crippen molar-refractivity contribution < 1.29 is 4.79 Å². The summed E-state index contributed by atoms with van der Waals surface area (Å²) in [6.45, 7) is 4.29. The number of hydrogen-bond acceptors (Lipinski definition) is 5. The van der Waals surface area contributed by atoms with Crippen LogP contribution in [0.2, 0.25) is 0 Å². The summed E-state index contributed by atoms with van der Waals surface area (Å²) in [5.41, 5.74) is 8.67. The highest BCUT2D eigenvalue weighted by molar-refractivity contribution is 5.81. The molecule has 2 heterocycles. The molecular formula is C12H19N5O. The van der Waals surface area contributed by atoms with E-state index in [0.29, 0.717) is 12.4 Å². The summed E-state index contributed by atoms with van der Waals surface area (Å²) in [6, 6.07) is 3.85. The standard InChI is InChI=1S/C12H19N5O/c1-12(11(13)18)3-5-17(8-12)7-9-2-4-15-10(6-9)16-14/h2,4,6H,3,5,7-8,14H2,1H3,(H2,13,18)(H,15,16). The van der Waals surface area contributed by atoms with Crippen LogP contribution in [-0.2, 0) is 11.3 Å². The van der Waals surface area contributed by atoms with Crippen LogP contribution in [0.1, 0.15) is 18.9 Å². The first kappa shape index (κ1) is 12.8. The molecule has 98 valence electrons. The molecule has 0 bridgehead atoms. The molecule has 18 heavy (non-hydrogen) atoms. The van der Waals surface area contributed by atoms with Crippen molar-refractivity contribution in [3.63, 3.8) is 0 Å². The molecule has 2 rings (SSSR count). The largest absolute Gasteiger partial charge is 0.369 e. The molecule has 1 aliphatic rings. The Balaban J connectivity index is 2.01. The molecule has 1 unspecified atom stereocenters. The second kappa shape index (κ2) is 4.91. The average molecular weight is 249 g/mol. The molecule has 0 radical (unpaired) electrons. The molecule has 1 aromatic heterocycles. The summed E-state index contributed by atoms with van der Waals surface area (Å²) in [5, 5.41) is 0. The van der Waals surface area contributed by atoms with Gasteiger partial charge in [-0.15, -0.1) is 0 Å². The minimum absolute atomic E-state index is 0.218. The van der Waals surface area contributed by atoms with Gasteiger partial charge in [0, 0.05) is 19.3 Å². The zero-order chi connectivity index (χ0) is 13.2. The lowest BCUT2D eigenvalue weighted by atomic mass is 9.89. The summed E-state index contributed by atoms with van der Waals surface area (Å²) in [7, 11) is 0. The lowest BCUT2D eigenvalue weighted by Crippen LogP contribution is -2.36. The summed E-state index contributed by atoms with van der Waals surface area (Å²) in [4.78, 5) is 17.7. The fourth-order valence-corrected chi connectivity index (χ4v) is 2.30. The second-order valence-electron chi connectivity index (χ2n) is 5.08. The van der Waals surface area contributed by atoms with E-state index < -0.39 is 5.41 Å². The number of pyridine rings is 1. The molecule has 1 fully saturated rings. The number of hydrazine groups is 1. The molecule has 6 heteroatoms. The monoisotopic (exact) mass is 249 g/mol. The van der Waals surface area contributed by atoms with Crippen LogP contribution >= 0.6 is 0 Å². The molecule has 1 amide bonds. The van der Waals surface area contributed by atoms with Gasteiger partial charge in [-0.3, -0.25) is 9.69 Å². The van der Waals surface area contributed by atoms with Crippen LogP contribution < -0.4 is 17.0 Å². The first-order valence-electron chi connectivity index (χ1n) is 5.97. The van der Waals surface area contributed by atoms with E-state index in [0.717, 1.165) is 25.1 Å². The fourth-order valence-electron chi connectivity index (χ4n) is 2.30. The number of primary amides is 1. The van der Waals surface area contributed by atoms with Crippen LogP contribution in [0.15, 0.2) is 18.3 Å². The lowest BCUT2D eigenvalue weighted by Gasteiger charge is -2.21. The smallest absolute Gasteiger partial charge is 0.224 e. The predicted molar refractivity (Wildman–Crippen MR) is 69.2 cm³/mol. The molecule has 5 N–H and O–H groups in total. The van der Waals surface area contributed by atoms with Crippen molar-refractivity contribution in [1.82, 2.24) is 9.88 Å². The topological polar surface area (TPSA) is 97.3 Å². The summed E-state index contributed by atoms with van der Waals surface area (Å²) in [6.07, 6.45) is 2.53. The predicted octanol–water partition coefficient (Wildman–Crippen LogP) is 0.0645. The molecule has 0 spiro atoms. The zero-order valence-electron chi connectivity index (χ0n) is 10.5. The van der Waals surface area contributed by atoms with Gasteiger partial charge in [-0.1, -0.05) is 0 Å². The van der Waals surface area contributed by atoms with Gasteiger partial charge >= 0.3 is 0 Å². The molecular weight excluding hydrogens is 230 g/mol. The van der Waals surface area contributed by atoms with E-state index in [9.17, 15) is 4.79 Å². The number of aromatic nitrogens is 1. The van der Waals surface area contributed by atoms with E-state index in [1.165, 1.54) is 0 Å². The van der Waals surface area contributed by atoms with Crippen molar-refractivity contribution in [3.8, 4) is 0 Å². The number of hydrogen-bond donors (Lipinski definition) is 3. The number of nitrogens with zero attached hydrogens (tertiary/aromatic N) is 2. The van der Waals surface area contributed by atoms with Crippen molar-refractivity contribution in [2.75, 3.05) is 18.5 Å². The highest BCUT2D eigenvalue weighted by Crippen LogP contribution is 2.30. The minimum Gasteiger partial charge on any atom is -0.369 e. The molecule has 1 aliphatic heterocycles. The molecule has 0 aliphatic carbocycles. The van der Waals surface area contributed by atoms with Crippen LogP contribution in [-0.4, -0.2) is 28.9 Å². The number of nitrogen functional groups attached to an aromatic ring is 1. The third-order valence-electron chi connectivity index (χ3n) is 3.53. The highest BCUT2D eigenvalue weighted by atomic mass is 16.1. The van der Waals surface area contributed by atoms with Gasteiger partial charge < -0.3 is 11.2 Å². The average Bonchev–Trinajstić information content (AvgIpc) is 2.72. The Labute approximate surface area is 106 Å². The minimum atomic E-state index is -0.401. The van der Waals surface area contributed by atoms with E-state index in [-0.39, 0.29) is 5.91 Å². The van der Waals surface area contributed by atoms with Gasteiger partial charge in [-0.2, -0.15) is 0 Å². The SMILES string of the molecule is CC1(C(N)=O)CCN(Cc2ccnc(NN)c2)C1. The Morgan fingerprint density at radius 3 is 3.06 bits per heavy atom. The first-order valence-corrected chi connectivity index (χ1v) is 5.97. The van der Waals surface area contributed by atoms with E-state index in [1.807, 2.05) is 19.1 Å². The molecule has 1 aromatic rings. The number of nitrogens with one attached hydrogen (secondary N) is 1. The van der Waals surface area contributed by atoms with E-state index in [4.69, 9.17) is 11.6 Å². The van der Waals surface area contributed by atoms with Crippen LogP contribution in [0.4, 0.5) is 5.82 Å². The summed E-state index contributed by atoms with van der Waals surface area (Å²) in [5.74, 6) is 5.75. The second-order valence-corrected chi connectivity index (χ2v) is 5.08. The Hall–Kier alpha value is -1.66. The lowest BCUT2D eigenvalue weighted by molar-refractivity contribution is -0.126. The van der Waals surface area contributed by atoms with Crippen LogP contribution in [0.3, 0.4) is 0 Å². The number of carbonyl (C=O) groups is 1. The molecule has 0 aromatic carbocycles. The van der Waals surface area contributed by atoms with Crippen LogP contribution in [0, 0.1) is 5.41 Å². The number of nitrogens with two attached hydrogens (primary N) is 2. The molecule has 6 nitrogen and oxygen atoms in total. The fraction of sp³-hybridized carbons (Fsp3) is 0.500. The Morgan fingerprint density at radius 2 is 2.44 bits per heavy atom. The summed E-state index contributed by atoms with van der Waals surface area (Å²) < 4.78 is 0. The quantitative estimate of drug-likeness (QED) is 0.518. The van der Waals surface area contributed by atoms with Gasteiger partial charge in [0.2, 0.25) is 5.91 Å². The van der Waals surface area contributed by atoms with Gasteiger partial charge in [0.05, 0.1) is 5.41 Å². The van der Waals surface area contributed by atoms with Gasteiger partial charge in [0.25, 0.3) is 0 Å². The maximum Gasteiger partial charge on any atom is 0.224 e. The number of rotatable bonds is 4. The number of likely N-dealkylation sites (tertiary alicyclic amines) is 1. The normalized spacial score (nSPS) is 24.1. The van der Waals surface area contributed by atoms with Crippen LogP contribution in [0.25, 0.3) is 0 Å². The molecule has 0 saturated carbocycles. The maximum absolute atomic E-state index is 11.4. The Morgan fingerprint density at radius 1 is 1.67 bits per heavy atom. The van der Waals surface area contributed by atoms with Gasteiger partial charge in [-0.05, 0) is 37.6 Å². The number of amides is 1. The van der Waals surface area contributed by atoms with Crippen molar-refractivity contribution in [1.29, 1.82) is 0 Å². The molecule has 1 saturated heterocycles. The summed E-state index contributed by atoms with van der Waals surface area (Å²) >= 11 is 0. The third kappa shape index (κ3) is 2.60. The maximum atomic E-state index is 11.4. The van der Waals surface area contributed by atoms with Crippen LogP contribution in [0.5, 0.6) is 0 Å². The van der Waals surface area contributed by atoms with Gasteiger partial charge in [-0.25, -0.2) is 10.8 Å². The number of anilines is 1. The van der Waals surface area contributed by atoms with E-state index >= 15 is 0 Å². The number of carbonyl (C=O) groups excluding carboxylic acids is 1. The zero-order valence-corrected chi connectivity index (χ0v) is 10.5. The van der Waals surface area contributed by atoms with Crippen molar-refractivity contribution in [2.45, 2.75) is 19.9 Å². The third-order valence-corrected chi connectivity index (χ3v) is 3.53. The Kier molecular flexibility index (Phi) is 3.49. The van der Waals surface area contributed by atoms with E-state index in [1.54, 1.807) is 6.20 Å².